The zero-order valence-corrected chi connectivity index (χ0v) is 10.5. The van der Waals surface area contributed by atoms with Gasteiger partial charge in [-0.15, -0.1) is 0 Å². The lowest BCUT2D eigenvalue weighted by Crippen LogP contribution is -2.52. The van der Waals surface area contributed by atoms with Crippen molar-refractivity contribution in [2.75, 3.05) is 20.8 Å². The third kappa shape index (κ3) is 3.49. The van der Waals surface area contributed by atoms with Gasteiger partial charge in [0.2, 0.25) is 5.41 Å². The number of carbonyl (C=O) groups excluding carboxylic acids is 1. The van der Waals surface area contributed by atoms with Crippen LogP contribution in [0.2, 0.25) is 0 Å². The van der Waals surface area contributed by atoms with Gasteiger partial charge in [-0.25, -0.2) is 0 Å². The first-order valence-corrected chi connectivity index (χ1v) is 6.66. The molecule has 0 fully saturated rings. The van der Waals surface area contributed by atoms with Crippen molar-refractivity contribution in [3.63, 3.8) is 0 Å². The first-order chi connectivity index (χ1) is 6.66. The molecule has 0 aliphatic carbocycles. The number of rotatable bonds is 8. The SMILES string of the molecule is CCCO[Si](OC)(OC)C(=O)CCC. The molecule has 0 aliphatic heterocycles. The summed E-state index contributed by atoms with van der Waals surface area (Å²) in [6.45, 7) is 4.43. The molecule has 0 amide bonds. The third-order valence-corrected chi connectivity index (χ3v) is 4.44. The highest BCUT2D eigenvalue weighted by atomic mass is 28.4. The first-order valence-electron chi connectivity index (χ1n) is 4.94. The van der Waals surface area contributed by atoms with Crippen LogP contribution in [0.1, 0.15) is 33.1 Å². The maximum Gasteiger partial charge on any atom is 0.574 e. The van der Waals surface area contributed by atoms with Crippen LogP contribution in [0, 0.1) is 0 Å². The van der Waals surface area contributed by atoms with Gasteiger partial charge in [0.15, 0.2) is 0 Å². The van der Waals surface area contributed by atoms with E-state index in [1.165, 1.54) is 14.2 Å². The van der Waals surface area contributed by atoms with E-state index in [4.69, 9.17) is 13.3 Å². The summed E-state index contributed by atoms with van der Waals surface area (Å²) in [5.41, 5.74) is 0. The fourth-order valence-electron chi connectivity index (χ4n) is 1.13. The van der Waals surface area contributed by atoms with E-state index in [9.17, 15) is 4.79 Å². The van der Waals surface area contributed by atoms with Crippen LogP contribution in [0.5, 0.6) is 0 Å². The van der Waals surface area contributed by atoms with Crippen molar-refractivity contribution in [2.45, 2.75) is 33.1 Å². The molecule has 0 bridgehead atoms. The van der Waals surface area contributed by atoms with Gasteiger partial charge in [-0.1, -0.05) is 13.8 Å². The molecule has 0 unspecified atom stereocenters. The molecule has 0 rings (SSSR count). The van der Waals surface area contributed by atoms with E-state index in [2.05, 4.69) is 0 Å². The van der Waals surface area contributed by atoms with Crippen LogP contribution in [0.15, 0.2) is 0 Å². The summed E-state index contributed by atoms with van der Waals surface area (Å²) in [5.74, 6) is 0. The van der Waals surface area contributed by atoms with Crippen LogP contribution >= 0.6 is 0 Å². The molecule has 0 aromatic heterocycles. The van der Waals surface area contributed by atoms with Gasteiger partial charge in [0.25, 0.3) is 0 Å². The maximum absolute atomic E-state index is 11.7. The normalized spacial score (nSPS) is 11.7. The zero-order valence-electron chi connectivity index (χ0n) is 9.46. The molecule has 0 saturated carbocycles. The summed E-state index contributed by atoms with van der Waals surface area (Å²) in [6.07, 6.45) is 2.09. The van der Waals surface area contributed by atoms with Crippen molar-refractivity contribution in [3.05, 3.63) is 0 Å². The summed E-state index contributed by atoms with van der Waals surface area (Å²) in [4.78, 5) is 11.7. The molecule has 0 aliphatic rings. The van der Waals surface area contributed by atoms with Crippen molar-refractivity contribution in [1.82, 2.24) is 0 Å². The van der Waals surface area contributed by atoms with Gasteiger partial charge in [0.05, 0.1) is 0 Å². The molecule has 5 heteroatoms. The van der Waals surface area contributed by atoms with Crippen LogP contribution in [-0.4, -0.2) is 35.0 Å². The lowest BCUT2D eigenvalue weighted by Gasteiger charge is -2.24. The molecule has 14 heavy (non-hydrogen) atoms. The number of hydrogen-bond donors (Lipinski definition) is 0. The van der Waals surface area contributed by atoms with Gasteiger partial charge in [-0.3, -0.25) is 4.79 Å². The second-order valence-corrected chi connectivity index (χ2v) is 5.76. The third-order valence-electron chi connectivity index (χ3n) is 1.85. The molecule has 0 aromatic carbocycles. The smallest absolute Gasteiger partial charge is 0.372 e. The Kier molecular flexibility index (Phi) is 6.99. The Labute approximate surface area is 86.9 Å². The summed E-state index contributed by atoms with van der Waals surface area (Å²) in [7, 11) is -0.0853. The highest BCUT2D eigenvalue weighted by molar-refractivity contribution is 6.92. The molecule has 0 saturated heterocycles. The molecular formula is C9H20O4Si. The molecule has 0 spiro atoms. The molecule has 4 nitrogen and oxygen atoms in total. The summed E-state index contributed by atoms with van der Waals surface area (Å²) >= 11 is 0. The Morgan fingerprint density at radius 2 is 1.71 bits per heavy atom. The van der Waals surface area contributed by atoms with Gasteiger partial charge < -0.3 is 13.3 Å². The molecule has 0 radical (unpaired) electrons. The van der Waals surface area contributed by atoms with E-state index in [0.717, 1.165) is 12.8 Å². The van der Waals surface area contributed by atoms with Crippen LogP contribution in [0.4, 0.5) is 0 Å². The Morgan fingerprint density at radius 1 is 1.14 bits per heavy atom. The van der Waals surface area contributed by atoms with Gasteiger partial charge in [-0.2, -0.15) is 0 Å². The van der Waals surface area contributed by atoms with Crippen LogP contribution in [0.25, 0.3) is 0 Å². The molecule has 0 aromatic rings. The second kappa shape index (κ2) is 7.11. The van der Waals surface area contributed by atoms with Crippen molar-refractivity contribution >= 4 is 14.2 Å². The van der Waals surface area contributed by atoms with Crippen LogP contribution in [-0.2, 0) is 18.1 Å². The monoisotopic (exact) mass is 220 g/mol. The van der Waals surface area contributed by atoms with Gasteiger partial charge in [0, 0.05) is 27.2 Å². The first kappa shape index (κ1) is 13.8. The highest BCUT2D eigenvalue weighted by Crippen LogP contribution is 2.12. The number of hydrogen-bond acceptors (Lipinski definition) is 4. The largest absolute Gasteiger partial charge is 0.574 e. The fourth-order valence-corrected chi connectivity index (χ4v) is 3.17. The number of carbonyl (C=O) groups is 1. The second-order valence-electron chi connectivity index (χ2n) is 2.99. The van der Waals surface area contributed by atoms with E-state index >= 15 is 0 Å². The molecule has 0 N–H and O–H groups in total. The summed E-state index contributed by atoms with van der Waals surface area (Å²) < 4.78 is 15.7. The van der Waals surface area contributed by atoms with E-state index in [0.29, 0.717) is 13.0 Å². The minimum absolute atomic E-state index is 0.0292. The maximum atomic E-state index is 11.7. The van der Waals surface area contributed by atoms with Gasteiger partial charge >= 0.3 is 8.80 Å². The molecule has 0 heterocycles. The van der Waals surface area contributed by atoms with E-state index in [1.807, 2.05) is 13.8 Å². The molecular weight excluding hydrogens is 200 g/mol. The fraction of sp³-hybridized carbons (Fsp3) is 0.889. The Bertz CT molecular complexity index is 168. The van der Waals surface area contributed by atoms with Crippen LogP contribution in [0.3, 0.4) is 0 Å². The quantitative estimate of drug-likeness (QED) is 0.582. The van der Waals surface area contributed by atoms with Crippen molar-refractivity contribution < 1.29 is 18.1 Å². The lowest BCUT2D eigenvalue weighted by molar-refractivity contribution is -0.118. The molecule has 0 atom stereocenters. The van der Waals surface area contributed by atoms with Crippen molar-refractivity contribution in [2.24, 2.45) is 0 Å². The Morgan fingerprint density at radius 3 is 2.07 bits per heavy atom. The predicted molar refractivity (Wildman–Crippen MR) is 55.9 cm³/mol. The van der Waals surface area contributed by atoms with Gasteiger partial charge in [0.1, 0.15) is 0 Å². The topological polar surface area (TPSA) is 44.8 Å². The minimum atomic E-state index is -3.03. The molecule has 84 valence electrons. The average Bonchev–Trinajstić information content (AvgIpc) is 2.21. The Balaban J connectivity index is 4.42. The Hall–Kier alpha value is -0.233. The van der Waals surface area contributed by atoms with E-state index in [-0.39, 0.29) is 5.41 Å². The van der Waals surface area contributed by atoms with Gasteiger partial charge in [-0.05, 0) is 12.8 Å². The highest BCUT2D eigenvalue weighted by Gasteiger charge is 2.47. The van der Waals surface area contributed by atoms with E-state index in [1.54, 1.807) is 0 Å². The van der Waals surface area contributed by atoms with Crippen LogP contribution < -0.4 is 0 Å². The predicted octanol–water partition coefficient (Wildman–Crippen LogP) is 1.55. The van der Waals surface area contributed by atoms with E-state index < -0.39 is 8.80 Å². The summed E-state index contributed by atoms with van der Waals surface area (Å²) in [5, 5.41) is -0.0292. The minimum Gasteiger partial charge on any atom is -0.372 e. The average molecular weight is 220 g/mol. The zero-order chi connectivity index (χ0) is 11.0. The summed E-state index contributed by atoms with van der Waals surface area (Å²) in [6, 6.07) is 0. The standard InChI is InChI=1S/C9H20O4Si/c1-5-7-9(10)14(11-3,12-4)13-8-6-2/h5-8H2,1-4H3. The lowest BCUT2D eigenvalue weighted by atomic mass is 10.4. The van der Waals surface area contributed by atoms with Crippen molar-refractivity contribution in [1.29, 1.82) is 0 Å². The van der Waals surface area contributed by atoms with Crippen molar-refractivity contribution in [3.8, 4) is 0 Å².